The van der Waals surface area contributed by atoms with E-state index in [-0.39, 0.29) is 17.9 Å². The first kappa shape index (κ1) is 28.3. The minimum atomic E-state index is -1.03. The monoisotopic (exact) mass is 505 g/mol. The number of rotatable bonds is 15. The molecule has 0 radical (unpaired) electrons. The molecule has 0 aliphatic rings. The van der Waals surface area contributed by atoms with Crippen molar-refractivity contribution < 1.29 is 18.3 Å². The van der Waals surface area contributed by atoms with Crippen LogP contribution in [0.25, 0.3) is 28.5 Å². The van der Waals surface area contributed by atoms with Crippen molar-refractivity contribution in [3.63, 3.8) is 0 Å². The number of aromatic nitrogens is 1. The van der Waals surface area contributed by atoms with Crippen molar-refractivity contribution in [2.75, 3.05) is 13.2 Å². The Bertz CT molecular complexity index is 1140. The highest BCUT2D eigenvalue weighted by Gasteiger charge is 2.16. The highest BCUT2D eigenvalue weighted by atomic mass is 19.2. The summed E-state index contributed by atoms with van der Waals surface area (Å²) < 4.78 is 39.9. The molecule has 0 amide bonds. The molecule has 0 aliphatic heterocycles. The standard InChI is InChI=1S/C32H37F2NO2/c1-4-6-10-22-36-24(3)11-8-7-9-12-25-13-15-26(16-14-25)27-17-19-29(35-23-27)28-18-20-30(37-21-5-2)32(34)31(28)33/h5,9,12-20,23-24H,2,4,6-8,10-11,21-22H2,1,3H3. The molecule has 0 fully saturated rings. The summed E-state index contributed by atoms with van der Waals surface area (Å²) >= 11 is 0. The lowest BCUT2D eigenvalue weighted by atomic mass is 10.0. The zero-order valence-corrected chi connectivity index (χ0v) is 21.9. The molecule has 2 aromatic carbocycles. The molecule has 3 nitrogen and oxygen atoms in total. The SMILES string of the molecule is C=CCOc1ccc(-c2ccc(-c3ccc(C=CCCCC(C)OCCCCC)cc3)cn2)c(F)c1F. The quantitative estimate of drug-likeness (QED) is 0.152. The van der Waals surface area contributed by atoms with Gasteiger partial charge < -0.3 is 9.47 Å². The Morgan fingerprint density at radius 3 is 2.43 bits per heavy atom. The maximum Gasteiger partial charge on any atom is 0.201 e. The second-order valence-corrected chi connectivity index (χ2v) is 9.11. The Kier molecular flexibility index (Phi) is 11.5. The molecule has 0 bridgehead atoms. The van der Waals surface area contributed by atoms with Crippen molar-refractivity contribution in [3.05, 3.63) is 90.7 Å². The Hall–Kier alpha value is -3.31. The smallest absolute Gasteiger partial charge is 0.201 e. The lowest BCUT2D eigenvalue weighted by Crippen LogP contribution is -2.08. The van der Waals surface area contributed by atoms with E-state index in [9.17, 15) is 8.78 Å². The number of nitrogens with zero attached hydrogens (tertiary/aromatic N) is 1. The fourth-order valence-corrected chi connectivity index (χ4v) is 3.96. The van der Waals surface area contributed by atoms with Crippen LogP contribution in [0.15, 0.2) is 73.5 Å². The van der Waals surface area contributed by atoms with E-state index < -0.39 is 11.6 Å². The average Bonchev–Trinajstić information content (AvgIpc) is 2.92. The van der Waals surface area contributed by atoms with E-state index in [1.54, 1.807) is 12.3 Å². The predicted molar refractivity (Wildman–Crippen MR) is 149 cm³/mol. The number of hydrogen-bond donors (Lipinski definition) is 0. The summed E-state index contributed by atoms with van der Waals surface area (Å²) in [6, 6.07) is 14.6. The average molecular weight is 506 g/mol. The van der Waals surface area contributed by atoms with Crippen LogP contribution in [0.1, 0.15) is 57.9 Å². The van der Waals surface area contributed by atoms with Gasteiger partial charge in [-0.2, -0.15) is 4.39 Å². The van der Waals surface area contributed by atoms with Crippen molar-refractivity contribution in [1.82, 2.24) is 4.98 Å². The first-order valence-electron chi connectivity index (χ1n) is 13.1. The molecule has 1 unspecified atom stereocenters. The minimum Gasteiger partial charge on any atom is -0.486 e. The van der Waals surface area contributed by atoms with Gasteiger partial charge in [-0.25, -0.2) is 4.39 Å². The summed E-state index contributed by atoms with van der Waals surface area (Å²) in [5.41, 5.74) is 3.49. The van der Waals surface area contributed by atoms with Crippen molar-refractivity contribution >= 4 is 6.08 Å². The lowest BCUT2D eigenvalue weighted by Gasteiger charge is -2.12. The van der Waals surface area contributed by atoms with E-state index in [1.165, 1.54) is 31.1 Å². The van der Waals surface area contributed by atoms with E-state index in [2.05, 4.69) is 49.7 Å². The van der Waals surface area contributed by atoms with Gasteiger partial charge in [-0.1, -0.05) is 74.9 Å². The largest absolute Gasteiger partial charge is 0.486 e. The van der Waals surface area contributed by atoms with Crippen LogP contribution in [0.4, 0.5) is 8.78 Å². The third kappa shape index (κ3) is 8.64. The van der Waals surface area contributed by atoms with Crippen LogP contribution >= 0.6 is 0 Å². The van der Waals surface area contributed by atoms with Gasteiger partial charge in [0.1, 0.15) is 6.61 Å². The normalized spacial score (nSPS) is 12.1. The molecule has 1 aromatic heterocycles. The number of halogens is 2. The highest BCUT2D eigenvalue weighted by Crippen LogP contribution is 2.30. The fourth-order valence-electron chi connectivity index (χ4n) is 3.96. The Morgan fingerprint density at radius 2 is 1.73 bits per heavy atom. The van der Waals surface area contributed by atoms with E-state index in [4.69, 9.17) is 9.47 Å². The summed E-state index contributed by atoms with van der Waals surface area (Å²) in [6.45, 7) is 8.83. The van der Waals surface area contributed by atoms with Crippen molar-refractivity contribution in [2.24, 2.45) is 0 Å². The first-order chi connectivity index (χ1) is 18.0. The van der Waals surface area contributed by atoms with Crippen LogP contribution in [-0.4, -0.2) is 24.3 Å². The van der Waals surface area contributed by atoms with Crippen LogP contribution in [0.5, 0.6) is 5.75 Å². The third-order valence-corrected chi connectivity index (χ3v) is 6.13. The summed E-state index contributed by atoms with van der Waals surface area (Å²) in [7, 11) is 0. The zero-order valence-electron chi connectivity index (χ0n) is 21.9. The second-order valence-electron chi connectivity index (χ2n) is 9.11. The molecule has 1 heterocycles. The number of unbranched alkanes of at least 4 members (excludes halogenated alkanes) is 3. The molecule has 3 aromatic rings. The van der Waals surface area contributed by atoms with Crippen molar-refractivity contribution in [1.29, 1.82) is 0 Å². The number of benzene rings is 2. The van der Waals surface area contributed by atoms with E-state index in [0.29, 0.717) is 11.8 Å². The summed E-state index contributed by atoms with van der Waals surface area (Å²) in [5.74, 6) is -2.15. The van der Waals surface area contributed by atoms with Gasteiger partial charge in [0.05, 0.1) is 11.8 Å². The maximum absolute atomic E-state index is 14.6. The molecule has 0 N–H and O–H groups in total. The Labute approximate surface area is 219 Å². The van der Waals surface area contributed by atoms with Gasteiger partial charge in [-0.15, -0.1) is 0 Å². The van der Waals surface area contributed by atoms with Crippen LogP contribution < -0.4 is 4.74 Å². The van der Waals surface area contributed by atoms with Gasteiger partial charge >= 0.3 is 0 Å². The van der Waals surface area contributed by atoms with Crippen LogP contribution in [0.2, 0.25) is 0 Å². The van der Waals surface area contributed by atoms with Crippen LogP contribution in [0.3, 0.4) is 0 Å². The molecule has 0 saturated heterocycles. The Balaban J connectivity index is 1.52. The summed E-state index contributed by atoms with van der Waals surface area (Å²) in [5, 5.41) is 0. The predicted octanol–water partition coefficient (Wildman–Crippen LogP) is 9.04. The molecular formula is C32H37F2NO2. The molecule has 0 spiro atoms. The fraction of sp³-hybridized carbons (Fsp3) is 0.344. The Morgan fingerprint density at radius 1 is 0.946 bits per heavy atom. The first-order valence-corrected chi connectivity index (χ1v) is 13.1. The van der Waals surface area contributed by atoms with Gasteiger partial charge in [0.25, 0.3) is 0 Å². The number of ether oxygens (including phenoxy) is 2. The number of pyridine rings is 1. The minimum absolute atomic E-state index is 0.0907. The zero-order chi connectivity index (χ0) is 26.5. The van der Waals surface area contributed by atoms with Crippen molar-refractivity contribution in [2.45, 2.75) is 58.5 Å². The molecule has 37 heavy (non-hydrogen) atoms. The molecule has 196 valence electrons. The van der Waals surface area contributed by atoms with E-state index in [0.717, 1.165) is 49.0 Å². The maximum atomic E-state index is 14.6. The van der Waals surface area contributed by atoms with Crippen LogP contribution in [0, 0.1) is 11.6 Å². The number of hydrogen-bond acceptors (Lipinski definition) is 3. The summed E-state index contributed by atoms with van der Waals surface area (Å²) in [4.78, 5) is 4.37. The molecule has 3 rings (SSSR count). The van der Waals surface area contributed by atoms with E-state index >= 15 is 0 Å². The molecular weight excluding hydrogens is 468 g/mol. The van der Waals surface area contributed by atoms with Gasteiger partial charge in [-0.05, 0) is 61.9 Å². The summed E-state index contributed by atoms with van der Waals surface area (Å²) in [6.07, 6.45) is 14.6. The van der Waals surface area contributed by atoms with Crippen LogP contribution in [-0.2, 0) is 4.74 Å². The molecule has 0 saturated carbocycles. The highest BCUT2D eigenvalue weighted by molar-refractivity contribution is 5.68. The second kappa shape index (κ2) is 15.1. The number of allylic oxidation sites excluding steroid dienone is 1. The molecule has 1 atom stereocenters. The van der Waals surface area contributed by atoms with Gasteiger partial charge in [0.2, 0.25) is 5.82 Å². The molecule has 5 heteroatoms. The van der Waals surface area contributed by atoms with Crippen molar-refractivity contribution in [3.8, 4) is 28.1 Å². The molecule has 0 aliphatic carbocycles. The topological polar surface area (TPSA) is 31.4 Å². The lowest BCUT2D eigenvalue weighted by molar-refractivity contribution is 0.0566. The van der Waals surface area contributed by atoms with E-state index in [1.807, 2.05) is 18.2 Å². The third-order valence-electron chi connectivity index (χ3n) is 6.13. The van der Waals surface area contributed by atoms with Gasteiger partial charge in [0.15, 0.2) is 11.6 Å². The van der Waals surface area contributed by atoms with Gasteiger partial charge in [0, 0.05) is 23.9 Å². The van der Waals surface area contributed by atoms with Gasteiger partial charge in [-0.3, -0.25) is 4.98 Å².